The van der Waals surface area contributed by atoms with Crippen LogP contribution in [0.4, 0.5) is 14.4 Å². The van der Waals surface area contributed by atoms with Crippen LogP contribution < -0.4 is 58.7 Å². The molecule has 0 saturated carbocycles. The van der Waals surface area contributed by atoms with Gasteiger partial charge in [0.2, 0.25) is 35.4 Å². The van der Waals surface area contributed by atoms with Gasteiger partial charge < -0.3 is 87.8 Å². The Balaban J connectivity index is 1.22. The number of piperidine rings is 1. The number of amides is 12. The number of aliphatic carboxylic acids is 3. The lowest BCUT2D eigenvalue weighted by atomic mass is 9.92. The number of aliphatic hydroxyl groups is 1. The molecule has 0 spiro atoms. The van der Waals surface area contributed by atoms with Crippen molar-refractivity contribution in [2.75, 3.05) is 45.0 Å². The summed E-state index contributed by atoms with van der Waals surface area (Å²) >= 11 is 1.03. The fourth-order valence-electron chi connectivity index (χ4n) is 12.4. The number of hydrazine groups is 1. The number of likely N-dealkylation sites (N-methyl/N-ethyl adjacent to an activating group) is 1. The molecule has 116 heavy (non-hydrogen) atoms. The van der Waals surface area contributed by atoms with Gasteiger partial charge in [-0.25, -0.2) is 29.6 Å². The van der Waals surface area contributed by atoms with Crippen molar-refractivity contribution in [3.8, 4) is 5.75 Å². The number of aliphatic hydroxyl groups excluding tert-OH is 1. The van der Waals surface area contributed by atoms with Gasteiger partial charge in [-0.15, -0.1) is 11.3 Å². The first-order valence-electron chi connectivity index (χ1n) is 39.4. The molecule has 2 heterocycles. The van der Waals surface area contributed by atoms with Crippen molar-refractivity contribution in [3.63, 3.8) is 0 Å². The van der Waals surface area contributed by atoms with Crippen LogP contribution in [0.15, 0.2) is 53.9 Å². The van der Waals surface area contributed by atoms with E-state index in [4.69, 9.17) is 14.6 Å². The molecule has 3 aromatic rings. The monoisotopic (exact) mass is 1680 g/mol. The minimum absolute atomic E-state index is 0.0157. The largest absolute Gasteiger partial charge is 0.508 e. The van der Waals surface area contributed by atoms with Crippen LogP contribution in [0.25, 0.3) is 0 Å². The van der Waals surface area contributed by atoms with Gasteiger partial charge in [0.05, 0.1) is 18.9 Å². The van der Waals surface area contributed by atoms with Crippen LogP contribution >= 0.6 is 32.9 Å². The number of aromatic nitrogens is 1. The molecule has 646 valence electrons. The molecule has 1 aromatic heterocycles. The van der Waals surface area contributed by atoms with E-state index in [9.17, 15) is 87.5 Å². The number of phenolic OH excluding ortho intramolecular Hbond substituents is 1. The van der Waals surface area contributed by atoms with Crippen LogP contribution in [0, 0.1) is 23.7 Å². The SMILES string of the molecule is CCCC(=O)OCN(C(=O)[C@@H](NC(=O)[C@H]1CCCCN1C)C(C)CC)[C@H](C[C@@H](O)c1nc(C(=O)N[C@@H](Cc2ccc(O)cc2)C[C@H](C)C(=O)NNC(=O)OCCSSC[C@@H](C)NC(=O)[C@@H](NC(=O)[C@H](CC(=O)O)NC(=O)Cc2ccc(CNC(=O)NCCCC[C@@H](C)NC(=O)N[C@@H](CCC(=O)O)C(=O)O)cc2)C(C)CC)cs1)C(C)C. The van der Waals surface area contributed by atoms with Crippen LogP contribution in [0.3, 0.4) is 0 Å². The zero-order valence-electron chi connectivity index (χ0n) is 68.1. The molecule has 0 aliphatic carbocycles. The zero-order valence-corrected chi connectivity index (χ0v) is 70.5. The van der Waals surface area contributed by atoms with Crippen molar-refractivity contribution in [1.29, 1.82) is 0 Å². The molecule has 2 aromatic carbocycles. The quantitative estimate of drug-likeness (QED) is 0.00989. The summed E-state index contributed by atoms with van der Waals surface area (Å²) < 4.78 is 10.9. The van der Waals surface area contributed by atoms with Crippen molar-refractivity contribution < 1.29 is 102 Å². The number of rotatable bonds is 51. The number of nitrogens with zero attached hydrogens (tertiary/aromatic N) is 3. The summed E-state index contributed by atoms with van der Waals surface area (Å²) in [4.78, 5) is 189. The molecule has 0 bridgehead atoms. The van der Waals surface area contributed by atoms with Gasteiger partial charge >= 0.3 is 42.0 Å². The fraction of sp³-hybridized carbons (Fsp3) is 0.628. The molecule has 35 nitrogen and oxygen atoms in total. The molecule has 38 heteroatoms. The molecule has 2 unspecified atom stereocenters. The second-order valence-electron chi connectivity index (χ2n) is 29.7. The number of phenols is 1. The summed E-state index contributed by atoms with van der Waals surface area (Å²) in [6.45, 7) is 18.6. The Kier molecular flexibility index (Phi) is 44.5. The molecular formula is C78H120N14O21S3. The van der Waals surface area contributed by atoms with Gasteiger partial charge in [0, 0.05) is 79.3 Å². The molecule has 0 radical (unpaired) electrons. The van der Waals surface area contributed by atoms with E-state index in [1.54, 1.807) is 64.1 Å². The third-order valence-corrected chi connectivity index (χ3v) is 23.1. The van der Waals surface area contributed by atoms with Crippen molar-refractivity contribution in [2.24, 2.45) is 23.7 Å². The summed E-state index contributed by atoms with van der Waals surface area (Å²) in [7, 11) is 4.56. The van der Waals surface area contributed by atoms with E-state index < -0.39 is 163 Å². The molecular weight excluding hydrogens is 1570 g/mol. The first-order valence-corrected chi connectivity index (χ1v) is 42.8. The van der Waals surface area contributed by atoms with Crippen molar-refractivity contribution in [1.82, 2.24) is 73.5 Å². The minimum atomic E-state index is -1.54. The summed E-state index contributed by atoms with van der Waals surface area (Å²) in [5.74, 6) is -9.66. The molecule has 16 N–H and O–H groups in total. The van der Waals surface area contributed by atoms with Crippen molar-refractivity contribution >= 4 is 116 Å². The Morgan fingerprint density at radius 2 is 1.34 bits per heavy atom. The number of ether oxygens (including phenoxy) is 2. The fourth-order valence-corrected chi connectivity index (χ4v) is 15.3. The number of carbonyl (C=O) groups excluding carboxylic acids is 11. The van der Waals surface area contributed by atoms with Crippen molar-refractivity contribution in [2.45, 2.75) is 245 Å². The molecule has 4 rings (SSSR count). The van der Waals surface area contributed by atoms with E-state index in [0.717, 1.165) is 30.7 Å². The molecule has 12 amide bonds. The number of carbonyl (C=O) groups is 14. The lowest BCUT2D eigenvalue weighted by Gasteiger charge is -2.39. The number of carboxylic acids is 3. The van der Waals surface area contributed by atoms with E-state index in [0.29, 0.717) is 79.7 Å². The van der Waals surface area contributed by atoms with E-state index in [1.165, 1.54) is 44.0 Å². The molecule has 1 aliphatic heterocycles. The number of esters is 1. The maximum Gasteiger partial charge on any atom is 0.426 e. The lowest BCUT2D eigenvalue weighted by Crippen LogP contribution is -2.59. The topological polar surface area (TPSA) is 510 Å². The van der Waals surface area contributed by atoms with Gasteiger partial charge in [-0.05, 0) is 132 Å². The highest BCUT2D eigenvalue weighted by Crippen LogP contribution is 2.30. The molecule has 1 aliphatic rings. The molecule has 1 fully saturated rings. The highest BCUT2D eigenvalue weighted by Gasteiger charge is 2.40. The summed E-state index contributed by atoms with van der Waals surface area (Å²) in [5, 5.41) is 75.7. The Bertz CT molecular complexity index is 3690. The lowest BCUT2D eigenvalue weighted by molar-refractivity contribution is -0.159. The minimum Gasteiger partial charge on any atom is -0.508 e. The predicted molar refractivity (Wildman–Crippen MR) is 436 cm³/mol. The number of urea groups is 2. The number of benzene rings is 2. The smallest absolute Gasteiger partial charge is 0.426 e. The summed E-state index contributed by atoms with van der Waals surface area (Å²) in [6.07, 6.45) is 2.00. The Morgan fingerprint density at radius 3 is 1.97 bits per heavy atom. The standard InChI is InChI=1S/C78H120N14O21S3/c1-12-19-65(100)113-44-92(74(106)67(47(7)14-3)88-71(104)59-21-16-18-33-91(59)11)60(45(4)5)40-61(94)73-85-58(43-114-73)70(103)83-54(37-51-26-28-55(93)29-27-51)36-48(8)68(101)89-90-78(111)112-34-35-115-116-42-50(10)81-72(105)66(46(6)13-2)87-69(102)57(39-64(98)99)84-62(95)38-52-22-24-53(25-23-52)41-80-76(109)79-32-17-15-20-49(9)82-77(110)86-56(75(107)108)30-31-63(96)97/h22-29,43,45-50,54,56-57,59-61,66-67,93-94H,12-21,30-42,44H2,1-11H3,(H,81,105)(H,83,103)(H,84,95)(H,87,102)(H,88,104)(H,89,101)(H,90,111)(H,96,97)(H,98,99)(H,107,108)(H2,79,80,109)(H2,82,86,110)/t46?,47?,48-,49+,50+,54+,56-,57-,59+,60+,61+,66-,67-/m0/s1. The van der Waals surface area contributed by atoms with E-state index in [-0.39, 0.29) is 91.9 Å². The third-order valence-electron chi connectivity index (χ3n) is 19.6. The van der Waals surface area contributed by atoms with Gasteiger partial charge in [-0.1, -0.05) is 133 Å². The first kappa shape index (κ1) is 98.8. The highest BCUT2D eigenvalue weighted by atomic mass is 33.1. The van der Waals surface area contributed by atoms with Crippen LogP contribution in [-0.4, -0.2) is 223 Å². The van der Waals surface area contributed by atoms with Crippen molar-refractivity contribution in [3.05, 3.63) is 81.3 Å². The number of hydrogen-bond acceptors (Lipinski definition) is 23. The second-order valence-corrected chi connectivity index (χ2v) is 33.2. The van der Waals surface area contributed by atoms with E-state index >= 15 is 0 Å². The predicted octanol–water partition coefficient (Wildman–Crippen LogP) is 6.16. The Hall–Kier alpha value is -9.53. The highest BCUT2D eigenvalue weighted by molar-refractivity contribution is 8.76. The maximum absolute atomic E-state index is 14.8. The average Bonchev–Trinajstić information content (AvgIpc) is 1.31. The number of nitrogens with one attached hydrogen (secondary N) is 11. The van der Waals surface area contributed by atoms with Gasteiger partial charge in [0.15, 0.2) is 6.73 Å². The number of aromatic hydroxyl groups is 1. The molecule has 1 saturated heterocycles. The zero-order chi connectivity index (χ0) is 86.1. The van der Waals surface area contributed by atoms with Crippen LogP contribution in [0.1, 0.15) is 204 Å². The number of thiazole rings is 1. The third kappa shape index (κ3) is 36.7. The Morgan fingerprint density at radius 1 is 0.664 bits per heavy atom. The van der Waals surface area contributed by atoms with Gasteiger partial charge in [-0.3, -0.25) is 58.3 Å². The average molecular weight is 1690 g/mol. The van der Waals surface area contributed by atoms with Crippen LogP contribution in [-0.2, 0) is 76.8 Å². The van der Waals surface area contributed by atoms with Gasteiger partial charge in [0.25, 0.3) is 5.91 Å². The number of carboxylic acid groups (broad SMARTS) is 3. The normalized spacial score (nSPS) is 15.9. The summed E-state index contributed by atoms with van der Waals surface area (Å²) in [6, 6.07) is 4.11. The molecule has 13 atom stereocenters. The van der Waals surface area contributed by atoms with Crippen LogP contribution in [0.5, 0.6) is 5.75 Å². The summed E-state index contributed by atoms with van der Waals surface area (Å²) in [5.41, 5.74) is 6.48. The number of likely N-dealkylation sites (tertiary alicyclic amines) is 1. The second kappa shape index (κ2) is 52.2. The number of hydrogen-bond donors (Lipinski definition) is 16. The maximum atomic E-state index is 14.8. The van der Waals surface area contributed by atoms with Gasteiger partial charge in [0.1, 0.15) is 53.3 Å². The Labute approximate surface area is 689 Å². The van der Waals surface area contributed by atoms with Gasteiger partial charge in [-0.2, -0.15) is 0 Å². The van der Waals surface area contributed by atoms with E-state index in [2.05, 4.69) is 63.7 Å². The van der Waals surface area contributed by atoms with Crippen LogP contribution in [0.2, 0.25) is 0 Å². The number of unbranched alkanes of at least 4 members (excludes halogenated alkanes) is 1. The van der Waals surface area contributed by atoms with E-state index in [1.807, 2.05) is 53.5 Å². The first-order chi connectivity index (χ1) is 55.0.